The molecule has 0 N–H and O–H groups in total. The van der Waals surface area contributed by atoms with Crippen molar-refractivity contribution in [3.05, 3.63) is 36.5 Å². The summed E-state index contributed by atoms with van der Waals surface area (Å²) < 4.78 is 16.6. The first-order valence-electron chi connectivity index (χ1n) is 23.0. The highest BCUT2D eigenvalue weighted by molar-refractivity contribution is 5.71. The van der Waals surface area contributed by atoms with Crippen LogP contribution in [0.5, 0.6) is 0 Å². The molecule has 0 aromatic heterocycles. The van der Waals surface area contributed by atoms with Crippen LogP contribution in [0.15, 0.2) is 36.5 Å². The molecule has 1 unspecified atom stereocenters. The molecule has 0 heterocycles. The third-order valence-electron chi connectivity index (χ3n) is 9.88. The second-order valence-electron chi connectivity index (χ2n) is 15.3. The first-order valence-corrected chi connectivity index (χ1v) is 23.0. The van der Waals surface area contributed by atoms with Crippen molar-refractivity contribution >= 4 is 17.9 Å². The van der Waals surface area contributed by atoms with Gasteiger partial charge in [0.2, 0.25) is 0 Å². The first-order chi connectivity index (χ1) is 26.5. The lowest BCUT2D eigenvalue weighted by atomic mass is 10.0. The first kappa shape index (κ1) is 51.6. The molecule has 0 aromatic carbocycles. The molecule has 0 fully saturated rings. The van der Waals surface area contributed by atoms with Crippen molar-refractivity contribution < 1.29 is 28.6 Å². The Kier molecular flexibility index (Phi) is 41.5. The van der Waals surface area contributed by atoms with E-state index in [1.54, 1.807) is 0 Å². The minimum Gasteiger partial charge on any atom is -0.462 e. The number of carbonyl (C=O) groups excluding carboxylic acids is 3. The number of unbranched alkanes of at least 4 members (excludes halogenated alkanes) is 24. The van der Waals surface area contributed by atoms with Gasteiger partial charge in [-0.15, -0.1) is 0 Å². The second-order valence-corrected chi connectivity index (χ2v) is 15.3. The van der Waals surface area contributed by atoms with Gasteiger partial charge in [-0.3, -0.25) is 14.4 Å². The zero-order valence-electron chi connectivity index (χ0n) is 35.7. The van der Waals surface area contributed by atoms with Gasteiger partial charge in [0, 0.05) is 19.3 Å². The van der Waals surface area contributed by atoms with E-state index < -0.39 is 6.10 Å². The van der Waals surface area contributed by atoms with Crippen molar-refractivity contribution in [2.75, 3.05) is 13.2 Å². The summed E-state index contributed by atoms with van der Waals surface area (Å²) in [7, 11) is 0. The lowest BCUT2D eigenvalue weighted by molar-refractivity contribution is -0.167. The van der Waals surface area contributed by atoms with Crippen LogP contribution in [0.1, 0.15) is 233 Å². The predicted molar refractivity (Wildman–Crippen MR) is 229 cm³/mol. The summed E-state index contributed by atoms with van der Waals surface area (Å²) in [5.41, 5.74) is 0. The van der Waals surface area contributed by atoms with Crippen molar-refractivity contribution in [3.8, 4) is 0 Å². The molecule has 0 aliphatic carbocycles. The summed E-state index contributed by atoms with van der Waals surface area (Å²) >= 11 is 0. The van der Waals surface area contributed by atoms with Gasteiger partial charge in [0.25, 0.3) is 0 Å². The maximum atomic E-state index is 12.7. The molecule has 0 radical (unpaired) electrons. The number of rotatable bonds is 41. The number of esters is 3. The Morgan fingerprint density at radius 2 is 0.741 bits per heavy atom. The number of hydrogen-bond acceptors (Lipinski definition) is 6. The highest BCUT2D eigenvalue weighted by Gasteiger charge is 2.19. The Balaban J connectivity index is 4.29. The van der Waals surface area contributed by atoms with Crippen molar-refractivity contribution in [1.29, 1.82) is 0 Å². The van der Waals surface area contributed by atoms with E-state index in [4.69, 9.17) is 14.2 Å². The monoisotopic (exact) mass is 759 g/mol. The molecular formula is C48H86O6. The minimum atomic E-state index is -0.784. The van der Waals surface area contributed by atoms with Crippen LogP contribution in [0.2, 0.25) is 0 Å². The van der Waals surface area contributed by atoms with Crippen molar-refractivity contribution in [2.24, 2.45) is 0 Å². The van der Waals surface area contributed by atoms with Crippen molar-refractivity contribution in [2.45, 2.75) is 239 Å². The number of allylic oxidation sites excluding steroid dienone is 6. The Labute approximate surface area is 334 Å². The fourth-order valence-electron chi connectivity index (χ4n) is 6.40. The number of hydrogen-bond donors (Lipinski definition) is 0. The van der Waals surface area contributed by atoms with Crippen LogP contribution in [-0.2, 0) is 28.6 Å². The van der Waals surface area contributed by atoms with E-state index in [0.717, 1.165) is 89.9 Å². The Hall–Kier alpha value is -2.37. The largest absolute Gasteiger partial charge is 0.462 e. The van der Waals surface area contributed by atoms with Crippen LogP contribution in [0, 0.1) is 0 Å². The van der Waals surface area contributed by atoms with E-state index in [0.29, 0.717) is 19.3 Å². The number of carbonyl (C=O) groups is 3. The third-order valence-corrected chi connectivity index (χ3v) is 9.88. The molecule has 0 amide bonds. The van der Waals surface area contributed by atoms with Gasteiger partial charge in [0.1, 0.15) is 13.2 Å². The molecule has 6 heteroatoms. The van der Waals surface area contributed by atoms with Crippen molar-refractivity contribution in [3.63, 3.8) is 0 Å². The standard InChI is InChI=1S/C48H86O6/c1-4-7-10-13-16-19-21-22-23-24-25-26-27-30-32-35-38-41-47(50)53-44-45(43-52-46(49)40-37-34-31-28-18-15-12-9-6-3)54-48(51)42-39-36-33-29-20-17-14-11-8-5-2/h9,12,14,17-18,28,45H,4-8,10-11,13,15-16,19-27,29-44H2,1-3H3/b12-9-,17-14-,28-18-. The quantitative estimate of drug-likeness (QED) is 0.0267. The maximum absolute atomic E-state index is 12.7. The molecule has 1 atom stereocenters. The summed E-state index contributed by atoms with van der Waals surface area (Å²) in [6, 6.07) is 0. The predicted octanol–water partition coefficient (Wildman–Crippen LogP) is 14.6. The Morgan fingerprint density at radius 1 is 0.389 bits per heavy atom. The molecule has 314 valence electrons. The van der Waals surface area contributed by atoms with Gasteiger partial charge >= 0.3 is 17.9 Å². The zero-order valence-corrected chi connectivity index (χ0v) is 35.7. The van der Waals surface area contributed by atoms with Gasteiger partial charge < -0.3 is 14.2 Å². The fourth-order valence-corrected chi connectivity index (χ4v) is 6.40. The summed E-state index contributed by atoms with van der Waals surface area (Å²) in [5, 5.41) is 0. The molecule has 6 nitrogen and oxygen atoms in total. The molecule has 0 saturated carbocycles. The smallest absolute Gasteiger partial charge is 0.306 e. The molecule has 0 rings (SSSR count). The van der Waals surface area contributed by atoms with E-state index in [2.05, 4.69) is 57.2 Å². The van der Waals surface area contributed by atoms with Crippen molar-refractivity contribution in [1.82, 2.24) is 0 Å². The van der Waals surface area contributed by atoms with Gasteiger partial charge in [0.05, 0.1) is 0 Å². The average molecular weight is 759 g/mol. The molecule has 0 aromatic rings. The van der Waals surface area contributed by atoms with E-state index in [-0.39, 0.29) is 31.1 Å². The molecule has 0 bridgehead atoms. The summed E-state index contributed by atoms with van der Waals surface area (Å²) in [6.45, 7) is 6.43. The summed E-state index contributed by atoms with van der Waals surface area (Å²) in [5.74, 6) is -0.935. The van der Waals surface area contributed by atoms with Crippen LogP contribution in [0.25, 0.3) is 0 Å². The van der Waals surface area contributed by atoms with E-state index in [1.165, 1.54) is 103 Å². The molecule has 0 aliphatic heterocycles. The van der Waals surface area contributed by atoms with E-state index >= 15 is 0 Å². The zero-order chi connectivity index (χ0) is 39.4. The van der Waals surface area contributed by atoms with Gasteiger partial charge in [-0.05, 0) is 64.2 Å². The van der Waals surface area contributed by atoms with Crippen LogP contribution in [0.3, 0.4) is 0 Å². The molecule has 54 heavy (non-hydrogen) atoms. The van der Waals surface area contributed by atoms with Crippen LogP contribution in [-0.4, -0.2) is 37.2 Å². The topological polar surface area (TPSA) is 78.9 Å². The average Bonchev–Trinajstić information content (AvgIpc) is 3.17. The van der Waals surface area contributed by atoms with E-state index in [1.807, 2.05) is 0 Å². The Bertz CT molecular complexity index is 922. The maximum Gasteiger partial charge on any atom is 0.306 e. The lowest BCUT2D eigenvalue weighted by Gasteiger charge is -2.18. The molecular weight excluding hydrogens is 673 g/mol. The highest BCUT2D eigenvalue weighted by Crippen LogP contribution is 2.15. The summed E-state index contributed by atoms with van der Waals surface area (Å²) in [4.78, 5) is 37.6. The van der Waals surface area contributed by atoms with E-state index in [9.17, 15) is 14.4 Å². The lowest BCUT2D eigenvalue weighted by Crippen LogP contribution is -2.30. The summed E-state index contributed by atoms with van der Waals surface area (Å²) in [6.07, 6.45) is 48.6. The number of ether oxygens (including phenoxy) is 3. The van der Waals surface area contributed by atoms with Gasteiger partial charge in [-0.25, -0.2) is 0 Å². The second kappa shape index (κ2) is 43.4. The van der Waals surface area contributed by atoms with Crippen LogP contribution in [0.4, 0.5) is 0 Å². The van der Waals surface area contributed by atoms with Crippen LogP contribution < -0.4 is 0 Å². The SMILES string of the molecule is CC/C=C\C/C=C\CCCCC(=O)OCC(COC(=O)CCCCCCCCCCCCCCCCCCC)OC(=O)CCCCCC/C=C\CCCC. The van der Waals surface area contributed by atoms with Crippen LogP contribution >= 0.6 is 0 Å². The normalized spacial score (nSPS) is 12.3. The highest BCUT2D eigenvalue weighted by atomic mass is 16.6. The van der Waals surface area contributed by atoms with Gasteiger partial charge in [-0.1, -0.05) is 186 Å². The minimum absolute atomic E-state index is 0.0849. The molecule has 0 aliphatic rings. The van der Waals surface area contributed by atoms with Gasteiger partial charge in [0.15, 0.2) is 6.10 Å². The Morgan fingerprint density at radius 3 is 1.22 bits per heavy atom. The van der Waals surface area contributed by atoms with Gasteiger partial charge in [-0.2, -0.15) is 0 Å². The molecule has 0 saturated heterocycles. The third kappa shape index (κ3) is 40.8. The molecule has 0 spiro atoms. The fraction of sp³-hybridized carbons (Fsp3) is 0.812.